The first kappa shape index (κ1) is 20.4. The summed E-state index contributed by atoms with van der Waals surface area (Å²) in [6.45, 7) is 0.935. The monoisotopic (exact) mass is 371 g/mol. The number of carbonyl (C=O) groups is 1. The van der Waals surface area contributed by atoms with Crippen molar-refractivity contribution in [2.75, 3.05) is 12.7 Å². The summed E-state index contributed by atoms with van der Waals surface area (Å²) in [6.07, 6.45) is -5.20. The second-order valence-corrected chi connectivity index (χ2v) is 6.61. The summed E-state index contributed by atoms with van der Waals surface area (Å²) in [6, 6.07) is 5.06. The van der Waals surface area contributed by atoms with Gasteiger partial charge in [-0.1, -0.05) is 12.1 Å². The van der Waals surface area contributed by atoms with Gasteiger partial charge in [-0.05, 0) is 24.1 Å². The molecule has 0 bridgehead atoms. The fourth-order valence-corrected chi connectivity index (χ4v) is 2.27. The summed E-state index contributed by atoms with van der Waals surface area (Å²) >= 11 is 0. The molecule has 0 aliphatic rings. The number of rotatable bonds is 8. The van der Waals surface area contributed by atoms with Crippen LogP contribution in [0.1, 0.15) is 18.9 Å². The molecular formula is C13H17F3NO6P. The van der Waals surface area contributed by atoms with Gasteiger partial charge in [0.1, 0.15) is 12.4 Å². The zero-order valence-electron chi connectivity index (χ0n) is 12.7. The number of amides is 1. The van der Waals surface area contributed by atoms with Crippen LogP contribution in [0.5, 0.6) is 5.75 Å². The van der Waals surface area contributed by atoms with Crippen LogP contribution in [0, 0.1) is 0 Å². The Balaban J connectivity index is 2.59. The van der Waals surface area contributed by atoms with E-state index in [9.17, 15) is 22.5 Å². The third-order valence-electron chi connectivity index (χ3n) is 2.68. The average molecular weight is 371 g/mol. The highest BCUT2D eigenvalue weighted by atomic mass is 31.2. The summed E-state index contributed by atoms with van der Waals surface area (Å²) in [4.78, 5) is 34.1. The summed E-state index contributed by atoms with van der Waals surface area (Å²) in [5, 5.41) is 0.896. The molecule has 0 aliphatic carbocycles. The first-order valence-corrected chi connectivity index (χ1v) is 8.56. The Hall–Kier alpha value is -1.61. The molecule has 0 aromatic heterocycles. The van der Waals surface area contributed by atoms with E-state index in [0.29, 0.717) is 5.56 Å². The molecule has 1 amide bonds. The van der Waals surface area contributed by atoms with Crippen LogP contribution in [-0.4, -0.2) is 39.8 Å². The maximum Gasteiger partial charge on any atom is 0.573 e. The van der Waals surface area contributed by atoms with Crippen LogP contribution in [0.2, 0.25) is 0 Å². The highest BCUT2D eigenvalue weighted by Crippen LogP contribution is 2.34. The van der Waals surface area contributed by atoms with E-state index in [-0.39, 0.29) is 19.6 Å². The molecule has 136 valence electrons. The molecule has 0 fully saturated rings. The van der Waals surface area contributed by atoms with Crippen molar-refractivity contribution in [2.45, 2.75) is 26.3 Å². The number of carbonyl (C=O) groups excluding carboxylic acids is 1. The van der Waals surface area contributed by atoms with Crippen molar-refractivity contribution >= 4 is 13.5 Å². The fraction of sp³-hybridized carbons (Fsp3) is 0.462. The van der Waals surface area contributed by atoms with Crippen LogP contribution in [0.25, 0.3) is 0 Å². The molecule has 11 heteroatoms. The van der Waals surface area contributed by atoms with Crippen molar-refractivity contribution in [3.63, 3.8) is 0 Å². The fourth-order valence-electron chi connectivity index (χ4n) is 1.72. The van der Waals surface area contributed by atoms with Gasteiger partial charge in [-0.3, -0.25) is 14.2 Å². The second kappa shape index (κ2) is 8.48. The summed E-state index contributed by atoms with van der Waals surface area (Å²) < 4.78 is 51.0. The van der Waals surface area contributed by atoms with Gasteiger partial charge in [-0.2, -0.15) is 0 Å². The average Bonchev–Trinajstić information content (AvgIpc) is 2.39. The van der Waals surface area contributed by atoms with Gasteiger partial charge in [0.2, 0.25) is 5.91 Å². The predicted octanol–water partition coefficient (Wildman–Crippen LogP) is 2.43. The third kappa shape index (κ3) is 8.88. The van der Waals surface area contributed by atoms with Gasteiger partial charge in [0.05, 0.1) is 6.16 Å². The minimum Gasteiger partial charge on any atom is -0.406 e. The number of halogens is 3. The van der Waals surface area contributed by atoms with Crippen molar-refractivity contribution in [1.29, 1.82) is 0 Å². The van der Waals surface area contributed by atoms with Gasteiger partial charge in [0.25, 0.3) is 0 Å². The van der Waals surface area contributed by atoms with Gasteiger partial charge in [-0.15, -0.1) is 13.2 Å². The van der Waals surface area contributed by atoms with E-state index in [0.717, 1.165) is 17.2 Å². The molecule has 24 heavy (non-hydrogen) atoms. The first-order chi connectivity index (χ1) is 11.0. The second-order valence-electron chi connectivity index (χ2n) is 4.83. The molecular weight excluding hydrogens is 354 g/mol. The molecule has 2 N–H and O–H groups in total. The quantitative estimate of drug-likeness (QED) is 0.538. The number of hydrogen-bond donors (Lipinski definition) is 2. The molecule has 0 aliphatic heterocycles. The Kier molecular flexibility index (Phi) is 7.22. The van der Waals surface area contributed by atoms with Gasteiger partial charge in [0.15, 0.2) is 0 Å². The highest BCUT2D eigenvalue weighted by Gasteiger charge is 2.31. The largest absolute Gasteiger partial charge is 0.573 e. The van der Waals surface area contributed by atoms with Crippen LogP contribution in [0.15, 0.2) is 24.3 Å². The maximum absolute atomic E-state index is 12.2. The standard InChI is InChI=1S/C13H17F3NO6P/c1-10(18)17(6-3-7-24(19,20)21)22-9-11-4-2-5-12(8-11)23-13(14,15)16/h2,4-5,8H,3,6-7,9H2,1H3,(H2,19,20,21). The molecule has 0 unspecified atom stereocenters. The Morgan fingerprint density at radius 1 is 1.33 bits per heavy atom. The van der Waals surface area contributed by atoms with Crippen molar-refractivity contribution in [3.8, 4) is 5.75 Å². The minimum absolute atomic E-state index is 0.0150. The van der Waals surface area contributed by atoms with E-state index in [1.165, 1.54) is 19.1 Å². The van der Waals surface area contributed by atoms with Crippen molar-refractivity contribution in [2.24, 2.45) is 0 Å². The molecule has 1 aromatic rings. The van der Waals surface area contributed by atoms with E-state index in [4.69, 9.17) is 14.6 Å². The lowest BCUT2D eigenvalue weighted by Crippen LogP contribution is -2.30. The van der Waals surface area contributed by atoms with Crippen LogP contribution < -0.4 is 4.74 Å². The lowest BCUT2D eigenvalue weighted by molar-refractivity contribution is -0.274. The van der Waals surface area contributed by atoms with Gasteiger partial charge in [-0.25, -0.2) is 5.06 Å². The maximum atomic E-state index is 12.2. The van der Waals surface area contributed by atoms with E-state index in [1.54, 1.807) is 0 Å². The molecule has 7 nitrogen and oxygen atoms in total. The van der Waals surface area contributed by atoms with Crippen LogP contribution >= 0.6 is 7.60 Å². The Labute approximate surface area is 136 Å². The molecule has 0 spiro atoms. The Bertz CT molecular complexity index is 604. The molecule has 0 saturated heterocycles. The van der Waals surface area contributed by atoms with E-state index in [1.807, 2.05) is 0 Å². The third-order valence-corrected chi connectivity index (χ3v) is 3.58. The van der Waals surface area contributed by atoms with Crippen LogP contribution in [-0.2, 0) is 20.8 Å². The van der Waals surface area contributed by atoms with Crippen LogP contribution in [0.4, 0.5) is 13.2 Å². The first-order valence-electron chi connectivity index (χ1n) is 6.76. The van der Waals surface area contributed by atoms with Crippen molar-refractivity contribution in [3.05, 3.63) is 29.8 Å². The van der Waals surface area contributed by atoms with Gasteiger partial charge < -0.3 is 14.5 Å². The molecule has 0 radical (unpaired) electrons. The normalized spacial score (nSPS) is 12.1. The topological polar surface area (TPSA) is 96.3 Å². The Morgan fingerprint density at radius 2 is 2.00 bits per heavy atom. The van der Waals surface area contributed by atoms with Crippen molar-refractivity contribution < 1.29 is 41.9 Å². The van der Waals surface area contributed by atoms with Gasteiger partial charge >= 0.3 is 14.0 Å². The predicted molar refractivity (Wildman–Crippen MR) is 76.8 cm³/mol. The van der Waals surface area contributed by atoms with E-state index >= 15 is 0 Å². The SMILES string of the molecule is CC(=O)N(CCCP(=O)(O)O)OCc1cccc(OC(F)(F)F)c1. The summed E-state index contributed by atoms with van der Waals surface area (Å²) in [7, 11) is -4.17. The minimum atomic E-state index is -4.81. The summed E-state index contributed by atoms with van der Waals surface area (Å²) in [5.41, 5.74) is 0.331. The molecule has 1 aromatic carbocycles. The highest BCUT2D eigenvalue weighted by molar-refractivity contribution is 7.51. The zero-order chi connectivity index (χ0) is 18.4. The number of alkyl halides is 3. The molecule has 0 saturated carbocycles. The van der Waals surface area contributed by atoms with E-state index < -0.39 is 31.8 Å². The Morgan fingerprint density at radius 3 is 2.54 bits per heavy atom. The number of hydrogen-bond acceptors (Lipinski definition) is 4. The molecule has 0 heterocycles. The number of benzene rings is 1. The van der Waals surface area contributed by atoms with Crippen LogP contribution in [0.3, 0.4) is 0 Å². The zero-order valence-corrected chi connectivity index (χ0v) is 13.6. The number of hydroxylamine groups is 2. The molecule has 1 rings (SSSR count). The van der Waals surface area contributed by atoms with Crippen molar-refractivity contribution in [1.82, 2.24) is 5.06 Å². The number of ether oxygens (including phenoxy) is 1. The smallest absolute Gasteiger partial charge is 0.406 e. The lowest BCUT2D eigenvalue weighted by atomic mass is 10.2. The molecule has 0 atom stereocenters. The van der Waals surface area contributed by atoms with Gasteiger partial charge in [0, 0.05) is 13.5 Å². The summed E-state index contributed by atoms with van der Waals surface area (Å²) in [5.74, 6) is -0.914. The van der Waals surface area contributed by atoms with E-state index in [2.05, 4.69) is 4.74 Å². The number of nitrogens with zero attached hydrogens (tertiary/aromatic N) is 1. The lowest BCUT2D eigenvalue weighted by Gasteiger charge is -2.20.